The maximum Gasteiger partial charge on any atom is 0.339 e. The van der Waals surface area contributed by atoms with Gasteiger partial charge in [-0.2, -0.15) is 5.10 Å². The summed E-state index contributed by atoms with van der Waals surface area (Å²) < 4.78 is 8.83. The number of carboxylic acid groups (broad SMARTS) is 1. The van der Waals surface area contributed by atoms with Crippen molar-refractivity contribution in [1.82, 2.24) is 9.78 Å². The smallest absolute Gasteiger partial charge is 0.339 e. The van der Waals surface area contributed by atoms with Crippen molar-refractivity contribution >= 4 is 37.8 Å². The third-order valence-corrected chi connectivity index (χ3v) is 3.66. The van der Waals surface area contributed by atoms with E-state index in [1.165, 1.54) is 10.9 Å². The minimum atomic E-state index is -1.01. The molecule has 0 aliphatic carbocycles. The Bertz CT molecular complexity index is 625. The first-order chi connectivity index (χ1) is 8.99. The first-order valence-electron chi connectivity index (χ1n) is 5.31. The highest BCUT2D eigenvalue weighted by atomic mass is 79.9. The maximum absolute atomic E-state index is 11.0. The van der Waals surface area contributed by atoms with Crippen molar-refractivity contribution in [2.45, 2.75) is 6.61 Å². The molecule has 0 unspecified atom stereocenters. The van der Waals surface area contributed by atoms with Gasteiger partial charge in [-0.05, 0) is 34.1 Å². The summed E-state index contributed by atoms with van der Waals surface area (Å²) in [5, 5.41) is 13.0. The zero-order valence-corrected chi connectivity index (χ0v) is 13.1. The van der Waals surface area contributed by atoms with Crippen molar-refractivity contribution < 1.29 is 14.6 Å². The van der Waals surface area contributed by atoms with Gasteiger partial charge < -0.3 is 9.84 Å². The summed E-state index contributed by atoms with van der Waals surface area (Å²) >= 11 is 6.73. The van der Waals surface area contributed by atoms with Crippen LogP contribution in [0.25, 0.3) is 0 Å². The Labute approximate surface area is 126 Å². The van der Waals surface area contributed by atoms with Gasteiger partial charge in [0.15, 0.2) is 0 Å². The normalized spacial score (nSPS) is 10.5. The molecule has 1 heterocycles. The van der Waals surface area contributed by atoms with E-state index in [1.807, 2.05) is 12.1 Å². The van der Waals surface area contributed by atoms with E-state index in [0.29, 0.717) is 11.4 Å². The molecule has 0 fully saturated rings. The van der Waals surface area contributed by atoms with Gasteiger partial charge in [0, 0.05) is 11.5 Å². The van der Waals surface area contributed by atoms with Crippen LogP contribution < -0.4 is 4.74 Å². The van der Waals surface area contributed by atoms with Crippen LogP contribution in [0.1, 0.15) is 16.1 Å². The quantitative estimate of drug-likeness (QED) is 0.871. The standard InChI is InChI=1S/C12H10Br2N2O3/c1-16-10(8(5-15-16)12(17)18)6-19-11-3-2-7(13)4-9(11)14/h2-5H,6H2,1H3,(H,17,18). The molecule has 0 radical (unpaired) electrons. The number of aromatic carboxylic acids is 1. The molecular formula is C12H10Br2N2O3. The van der Waals surface area contributed by atoms with Crippen molar-refractivity contribution in [3.05, 3.63) is 44.6 Å². The van der Waals surface area contributed by atoms with Crippen LogP contribution in [-0.2, 0) is 13.7 Å². The Morgan fingerprint density at radius 3 is 2.84 bits per heavy atom. The van der Waals surface area contributed by atoms with E-state index in [9.17, 15) is 4.79 Å². The zero-order valence-electron chi connectivity index (χ0n) is 9.93. The van der Waals surface area contributed by atoms with E-state index in [0.717, 1.165) is 8.95 Å². The van der Waals surface area contributed by atoms with Gasteiger partial charge in [-0.1, -0.05) is 15.9 Å². The van der Waals surface area contributed by atoms with E-state index in [-0.39, 0.29) is 12.2 Å². The second-order valence-electron chi connectivity index (χ2n) is 3.80. The number of halogens is 2. The van der Waals surface area contributed by atoms with Crippen molar-refractivity contribution in [1.29, 1.82) is 0 Å². The average molecular weight is 390 g/mol. The number of carbonyl (C=O) groups is 1. The van der Waals surface area contributed by atoms with Gasteiger partial charge in [-0.25, -0.2) is 4.79 Å². The van der Waals surface area contributed by atoms with E-state index in [4.69, 9.17) is 9.84 Å². The number of carboxylic acids is 1. The lowest BCUT2D eigenvalue weighted by molar-refractivity contribution is 0.0693. The predicted molar refractivity (Wildman–Crippen MR) is 76.3 cm³/mol. The molecule has 0 saturated heterocycles. The van der Waals surface area contributed by atoms with E-state index >= 15 is 0 Å². The molecule has 0 aliphatic rings. The van der Waals surface area contributed by atoms with Crippen LogP contribution in [0, 0.1) is 0 Å². The summed E-state index contributed by atoms with van der Waals surface area (Å²) in [6, 6.07) is 5.50. The molecule has 2 aromatic rings. The minimum Gasteiger partial charge on any atom is -0.486 e. The van der Waals surface area contributed by atoms with Crippen molar-refractivity contribution in [3.8, 4) is 5.75 Å². The van der Waals surface area contributed by atoms with Crippen LogP contribution in [0.2, 0.25) is 0 Å². The molecule has 0 bridgehead atoms. The van der Waals surface area contributed by atoms with Crippen LogP contribution in [-0.4, -0.2) is 20.9 Å². The van der Waals surface area contributed by atoms with Crippen molar-refractivity contribution in [3.63, 3.8) is 0 Å². The number of benzene rings is 1. The molecule has 5 nitrogen and oxygen atoms in total. The highest BCUT2D eigenvalue weighted by Crippen LogP contribution is 2.29. The van der Waals surface area contributed by atoms with E-state index < -0.39 is 5.97 Å². The molecule has 7 heteroatoms. The number of aryl methyl sites for hydroxylation is 1. The van der Waals surface area contributed by atoms with Gasteiger partial charge in [0.25, 0.3) is 0 Å². The highest BCUT2D eigenvalue weighted by molar-refractivity contribution is 9.11. The summed E-state index contributed by atoms with van der Waals surface area (Å²) in [7, 11) is 1.68. The monoisotopic (exact) mass is 388 g/mol. The molecule has 2 rings (SSSR count). The average Bonchev–Trinajstić information content (AvgIpc) is 2.70. The fraction of sp³-hybridized carbons (Fsp3) is 0.167. The molecule has 0 amide bonds. The lowest BCUT2D eigenvalue weighted by Gasteiger charge is -2.09. The largest absolute Gasteiger partial charge is 0.486 e. The molecular weight excluding hydrogens is 380 g/mol. The molecule has 0 spiro atoms. The van der Waals surface area contributed by atoms with Crippen LogP contribution in [0.15, 0.2) is 33.3 Å². The number of nitrogens with zero attached hydrogens (tertiary/aromatic N) is 2. The molecule has 100 valence electrons. The number of ether oxygens (including phenoxy) is 1. The summed E-state index contributed by atoms with van der Waals surface area (Å²) in [6.07, 6.45) is 1.32. The molecule has 0 saturated carbocycles. The lowest BCUT2D eigenvalue weighted by atomic mass is 10.2. The number of hydrogen-bond donors (Lipinski definition) is 1. The SMILES string of the molecule is Cn1ncc(C(=O)O)c1COc1ccc(Br)cc1Br. The minimum absolute atomic E-state index is 0.137. The Morgan fingerprint density at radius 2 is 2.21 bits per heavy atom. The maximum atomic E-state index is 11.0. The summed E-state index contributed by atoms with van der Waals surface area (Å²) in [5.41, 5.74) is 0.665. The summed E-state index contributed by atoms with van der Waals surface area (Å²) in [5.74, 6) is -0.373. The Morgan fingerprint density at radius 1 is 1.47 bits per heavy atom. The summed E-state index contributed by atoms with van der Waals surface area (Å²) in [6.45, 7) is 0.137. The van der Waals surface area contributed by atoms with Crippen LogP contribution >= 0.6 is 31.9 Å². The van der Waals surface area contributed by atoms with Gasteiger partial charge in [0.2, 0.25) is 0 Å². The molecule has 19 heavy (non-hydrogen) atoms. The second-order valence-corrected chi connectivity index (χ2v) is 5.57. The number of rotatable bonds is 4. The fourth-order valence-corrected chi connectivity index (χ4v) is 2.71. The Kier molecular flexibility index (Phi) is 4.26. The van der Waals surface area contributed by atoms with Gasteiger partial charge in [-0.15, -0.1) is 0 Å². The Hall–Kier alpha value is -1.34. The topological polar surface area (TPSA) is 64.4 Å². The van der Waals surface area contributed by atoms with E-state index in [2.05, 4.69) is 37.0 Å². The second kappa shape index (κ2) is 5.75. The zero-order chi connectivity index (χ0) is 14.0. The van der Waals surface area contributed by atoms with E-state index in [1.54, 1.807) is 13.1 Å². The number of aromatic nitrogens is 2. The van der Waals surface area contributed by atoms with Crippen molar-refractivity contribution in [2.24, 2.45) is 7.05 Å². The van der Waals surface area contributed by atoms with Gasteiger partial charge in [-0.3, -0.25) is 4.68 Å². The predicted octanol–water partition coefficient (Wildman–Crippen LogP) is 3.22. The third kappa shape index (κ3) is 3.16. The molecule has 1 N–H and O–H groups in total. The highest BCUT2D eigenvalue weighted by Gasteiger charge is 2.15. The van der Waals surface area contributed by atoms with Gasteiger partial charge in [0.05, 0.1) is 16.4 Å². The fourth-order valence-electron chi connectivity index (χ4n) is 1.55. The first kappa shape index (κ1) is 14.1. The molecule has 0 aliphatic heterocycles. The Balaban J connectivity index is 2.19. The molecule has 0 atom stereocenters. The van der Waals surface area contributed by atoms with Crippen LogP contribution in [0.5, 0.6) is 5.75 Å². The molecule has 1 aromatic carbocycles. The summed E-state index contributed by atoms with van der Waals surface area (Å²) in [4.78, 5) is 11.0. The van der Waals surface area contributed by atoms with Crippen molar-refractivity contribution in [2.75, 3.05) is 0 Å². The third-order valence-electron chi connectivity index (χ3n) is 2.55. The van der Waals surface area contributed by atoms with Crippen LogP contribution in [0.4, 0.5) is 0 Å². The first-order valence-corrected chi connectivity index (χ1v) is 6.89. The van der Waals surface area contributed by atoms with Crippen LogP contribution in [0.3, 0.4) is 0 Å². The number of hydrogen-bond acceptors (Lipinski definition) is 3. The van der Waals surface area contributed by atoms with Gasteiger partial charge in [0.1, 0.15) is 17.9 Å². The van der Waals surface area contributed by atoms with Gasteiger partial charge >= 0.3 is 5.97 Å². The molecule has 1 aromatic heterocycles. The lowest BCUT2D eigenvalue weighted by Crippen LogP contribution is -2.08.